The molecule has 5 nitrogen and oxygen atoms in total. The minimum absolute atomic E-state index is 0.112. The quantitative estimate of drug-likeness (QED) is 0.845. The molecule has 22 heavy (non-hydrogen) atoms. The van der Waals surface area contributed by atoms with Gasteiger partial charge in [0.25, 0.3) is 5.91 Å². The van der Waals surface area contributed by atoms with Crippen molar-refractivity contribution in [2.24, 2.45) is 5.92 Å². The van der Waals surface area contributed by atoms with Gasteiger partial charge in [-0.15, -0.1) is 6.42 Å². The molecule has 2 aliphatic rings. The molecule has 2 fully saturated rings. The Balaban J connectivity index is 1.54. The highest BCUT2D eigenvalue weighted by atomic mass is 16.1. The molecule has 4 heterocycles. The largest absolute Gasteiger partial charge is 0.347 e. The number of terminal acetylenes is 1. The van der Waals surface area contributed by atoms with Crippen LogP contribution in [0.1, 0.15) is 28.9 Å². The van der Waals surface area contributed by atoms with E-state index in [1.807, 2.05) is 16.7 Å². The van der Waals surface area contributed by atoms with Crippen molar-refractivity contribution in [2.45, 2.75) is 18.9 Å². The van der Waals surface area contributed by atoms with Gasteiger partial charge in [0.2, 0.25) is 0 Å². The van der Waals surface area contributed by atoms with E-state index in [2.05, 4.69) is 21.1 Å². The number of hydrogen-bond acceptors (Lipinski definition) is 3. The molecule has 112 valence electrons. The summed E-state index contributed by atoms with van der Waals surface area (Å²) < 4.78 is 1.83. The molecule has 3 atom stereocenters. The fourth-order valence-electron chi connectivity index (χ4n) is 3.67. The second-order valence-corrected chi connectivity index (χ2v) is 6.26. The Morgan fingerprint density at radius 3 is 3.18 bits per heavy atom. The number of piperidine rings is 1. The number of nitrogens with zero attached hydrogens (tertiary/aromatic N) is 3. The molecule has 0 radical (unpaired) electrons. The monoisotopic (exact) mass is 294 g/mol. The summed E-state index contributed by atoms with van der Waals surface area (Å²) in [6.07, 6.45) is 11.3. The van der Waals surface area contributed by atoms with Gasteiger partial charge in [0.1, 0.15) is 12.0 Å². The Morgan fingerprint density at radius 1 is 1.45 bits per heavy atom. The molecule has 0 aromatic carbocycles. The maximum atomic E-state index is 12.5. The zero-order valence-corrected chi connectivity index (χ0v) is 12.3. The number of aromatic nitrogens is 2. The van der Waals surface area contributed by atoms with Crippen LogP contribution in [0, 0.1) is 18.3 Å². The van der Waals surface area contributed by atoms with Crippen molar-refractivity contribution in [1.29, 1.82) is 0 Å². The van der Waals surface area contributed by atoms with Gasteiger partial charge < -0.3 is 14.6 Å². The third kappa shape index (κ3) is 2.26. The number of carbonyl (C=O) groups is 1. The van der Waals surface area contributed by atoms with Crippen LogP contribution in [0.3, 0.4) is 0 Å². The van der Waals surface area contributed by atoms with Crippen molar-refractivity contribution < 1.29 is 4.79 Å². The van der Waals surface area contributed by atoms with Gasteiger partial charge in [-0.2, -0.15) is 0 Å². The highest BCUT2D eigenvalue weighted by Crippen LogP contribution is 2.26. The minimum Gasteiger partial charge on any atom is -0.347 e. The van der Waals surface area contributed by atoms with E-state index in [-0.39, 0.29) is 11.9 Å². The third-order valence-electron chi connectivity index (χ3n) is 4.74. The fourth-order valence-corrected chi connectivity index (χ4v) is 3.67. The molecule has 2 aliphatic heterocycles. The lowest BCUT2D eigenvalue weighted by Crippen LogP contribution is -2.47. The average molecular weight is 294 g/mol. The van der Waals surface area contributed by atoms with Crippen LogP contribution in [0.15, 0.2) is 24.7 Å². The van der Waals surface area contributed by atoms with Crippen LogP contribution in [0.4, 0.5) is 0 Å². The molecule has 0 spiro atoms. The van der Waals surface area contributed by atoms with E-state index in [1.54, 1.807) is 12.4 Å². The first-order chi connectivity index (χ1) is 10.7. The molecular weight excluding hydrogens is 276 g/mol. The van der Waals surface area contributed by atoms with E-state index < -0.39 is 0 Å². The molecule has 1 N–H and O–H groups in total. The van der Waals surface area contributed by atoms with Crippen LogP contribution in [-0.4, -0.2) is 45.9 Å². The van der Waals surface area contributed by atoms with Gasteiger partial charge in [-0.25, -0.2) is 4.98 Å². The summed E-state index contributed by atoms with van der Waals surface area (Å²) in [5.41, 5.74) is 2.05. The van der Waals surface area contributed by atoms with Crippen molar-refractivity contribution in [2.75, 3.05) is 19.6 Å². The van der Waals surface area contributed by atoms with Gasteiger partial charge >= 0.3 is 0 Å². The summed E-state index contributed by atoms with van der Waals surface area (Å²) >= 11 is 0. The summed E-state index contributed by atoms with van der Waals surface area (Å²) in [5, 5.41) is 3.13. The molecule has 2 bridgehead atoms. The first-order valence-corrected chi connectivity index (χ1v) is 7.69. The maximum absolute atomic E-state index is 12.5. The van der Waals surface area contributed by atoms with Gasteiger partial charge in [0.15, 0.2) is 0 Å². The summed E-state index contributed by atoms with van der Waals surface area (Å²) in [4.78, 5) is 19.1. The van der Waals surface area contributed by atoms with Crippen LogP contribution < -0.4 is 5.32 Å². The number of amides is 1. The standard InChI is InChI=1S/C17H18N4O/c1-2-13-4-6-21-11-18-15(8-16(13)21)17(22)19-14-7-12-3-5-20(9-12)10-14/h1,4,6,8,11-12,14H,3,5,7,9-10H2,(H,19,22)/t12?,14-/m1/s1. The second kappa shape index (κ2) is 5.15. The molecule has 2 aromatic rings. The van der Waals surface area contributed by atoms with Crippen LogP contribution in [0.2, 0.25) is 0 Å². The van der Waals surface area contributed by atoms with Crippen molar-refractivity contribution in [1.82, 2.24) is 19.6 Å². The van der Waals surface area contributed by atoms with E-state index >= 15 is 0 Å². The summed E-state index contributed by atoms with van der Waals surface area (Å²) in [5.74, 6) is 3.25. The van der Waals surface area contributed by atoms with Crippen LogP contribution in [0.5, 0.6) is 0 Å². The predicted molar refractivity (Wildman–Crippen MR) is 83.5 cm³/mol. The van der Waals surface area contributed by atoms with Gasteiger partial charge in [-0.05, 0) is 37.4 Å². The van der Waals surface area contributed by atoms with Crippen molar-refractivity contribution in [3.05, 3.63) is 35.9 Å². The number of nitrogens with one attached hydrogen (secondary N) is 1. The molecular formula is C17H18N4O. The zero-order chi connectivity index (χ0) is 15.1. The van der Waals surface area contributed by atoms with E-state index in [1.165, 1.54) is 13.0 Å². The van der Waals surface area contributed by atoms with Crippen LogP contribution >= 0.6 is 0 Å². The van der Waals surface area contributed by atoms with Gasteiger partial charge in [0.05, 0.1) is 5.52 Å². The Morgan fingerprint density at radius 2 is 2.36 bits per heavy atom. The minimum atomic E-state index is -0.112. The normalized spacial score (nSPS) is 26.8. The summed E-state index contributed by atoms with van der Waals surface area (Å²) in [6.45, 7) is 3.30. The number of hydrogen-bond donors (Lipinski definition) is 1. The summed E-state index contributed by atoms with van der Waals surface area (Å²) in [7, 11) is 0. The molecule has 0 saturated carbocycles. The smallest absolute Gasteiger partial charge is 0.270 e. The zero-order valence-electron chi connectivity index (χ0n) is 12.3. The first-order valence-electron chi connectivity index (χ1n) is 7.69. The molecule has 2 saturated heterocycles. The lowest BCUT2D eigenvalue weighted by atomic mass is 9.97. The topological polar surface area (TPSA) is 49.6 Å². The average Bonchev–Trinajstić information content (AvgIpc) is 3.09. The van der Waals surface area contributed by atoms with Gasteiger partial charge in [-0.1, -0.05) is 5.92 Å². The number of fused-ring (bicyclic) bond motifs is 3. The van der Waals surface area contributed by atoms with Crippen molar-refractivity contribution in [3.63, 3.8) is 0 Å². The van der Waals surface area contributed by atoms with Crippen molar-refractivity contribution in [3.8, 4) is 12.3 Å². The molecule has 2 unspecified atom stereocenters. The number of rotatable bonds is 2. The third-order valence-corrected chi connectivity index (χ3v) is 4.74. The molecule has 4 rings (SSSR count). The summed E-state index contributed by atoms with van der Waals surface area (Å²) in [6, 6.07) is 3.85. The Hall–Kier alpha value is -2.32. The van der Waals surface area contributed by atoms with E-state index in [9.17, 15) is 4.79 Å². The lowest BCUT2D eigenvalue weighted by molar-refractivity contribution is 0.0904. The molecule has 5 heteroatoms. The lowest BCUT2D eigenvalue weighted by Gasteiger charge is -2.30. The fraction of sp³-hybridized carbons (Fsp3) is 0.412. The van der Waals surface area contributed by atoms with Crippen LogP contribution in [0.25, 0.3) is 5.52 Å². The highest BCUT2D eigenvalue weighted by molar-refractivity contribution is 5.93. The van der Waals surface area contributed by atoms with E-state index in [4.69, 9.17) is 6.42 Å². The van der Waals surface area contributed by atoms with Crippen LogP contribution in [-0.2, 0) is 0 Å². The van der Waals surface area contributed by atoms with Gasteiger partial charge in [0, 0.05) is 30.9 Å². The maximum Gasteiger partial charge on any atom is 0.270 e. The highest BCUT2D eigenvalue weighted by Gasteiger charge is 2.33. The Kier molecular flexibility index (Phi) is 3.12. The first kappa shape index (κ1) is 13.4. The van der Waals surface area contributed by atoms with Gasteiger partial charge in [-0.3, -0.25) is 4.79 Å². The predicted octanol–water partition coefficient (Wildman–Crippen LogP) is 1.14. The Labute approximate surface area is 129 Å². The Bertz CT molecular complexity index is 761. The SMILES string of the molecule is C#Cc1ccn2cnc(C(=O)N[C@@H]3CC4CCN(C4)C3)cc12. The molecule has 2 aromatic heterocycles. The van der Waals surface area contributed by atoms with E-state index in [0.717, 1.165) is 36.5 Å². The van der Waals surface area contributed by atoms with Crippen molar-refractivity contribution >= 4 is 11.4 Å². The van der Waals surface area contributed by atoms with E-state index in [0.29, 0.717) is 5.69 Å². The second-order valence-electron chi connectivity index (χ2n) is 6.26. The molecule has 0 aliphatic carbocycles. The molecule has 1 amide bonds. The number of carbonyl (C=O) groups excluding carboxylic acids is 1.